The molecule has 0 saturated carbocycles. The molecule has 0 unspecified atom stereocenters. The van der Waals surface area contributed by atoms with E-state index in [2.05, 4.69) is 30.2 Å². The largest absolute Gasteiger partial charge is 0.494 e. The molecule has 160 valence electrons. The predicted octanol–water partition coefficient (Wildman–Crippen LogP) is 5.14. The molecule has 0 atom stereocenters. The normalized spacial score (nSPS) is 9.97. The van der Waals surface area contributed by atoms with Crippen molar-refractivity contribution >= 4 is 34.6 Å². The molecule has 2 rings (SSSR count). The Morgan fingerprint density at radius 1 is 1.00 bits per heavy atom. The maximum Gasteiger partial charge on any atom is 0.255 e. The van der Waals surface area contributed by atoms with Crippen LogP contribution in [0.25, 0.3) is 0 Å². The van der Waals surface area contributed by atoms with E-state index in [0.29, 0.717) is 28.6 Å². The summed E-state index contributed by atoms with van der Waals surface area (Å²) in [5, 5.41) is 6.41. The van der Waals surface area contributed by atoms with E-state index in [1.807, 2.05) is 6.07 Å². The second-order valence-electron chi connectivity index (χ2n) is 6.35. The number of carbonyl (C=O) groups excluding carboxylic acids is 1. The summed E-state index contributed by atoms with van der Waals surface area (Å²) in [6, 6.07) is 10.6. The summed E-state index contributed by atoms with van der Waals surface area (Å²) >= 11 is 6.34. The summed E-state index contributed by atoms with van der Waals surface area (Å²) in [6.07, 6.45) is 4.23. The number of unbranched alkanes of at least 4 members (excludes halogenated alkanes) is 2. The van der Waals surface area contributed by atoms with Crippen molar-refractivity contribution in [2.45, 2.75) is 39.5 Å². The highest BCUT2D eigenvalue weighted by molar-refractivity contribution is 6.37. The summed E-state index contributed by atoms with van der Waals surface area (Å²) in [6.45, 7) is 5.74. The molecule has 0 aromatic heterocycles. The Bertz CT molecular complexity index is 751. The van der Waals surface area contributed by atoms with E-state index in [1.54, 1.807) is 30.3 Å². The Morgan fingerprint density at radius 2 is 1.62 bits per heavy atom. The van der Waals surface area contributed by atoms with Crippen molar-refractivity contribution < 1.29 is 9.53 Å². The van der Waals surface area contributed by atoms with Crippen LogP contribution in [-0.2, 0) is 0 Å². The minimum atomic E-state index is -0.247. The monoisotopic (exact) mass is 420 g/mol. The average molecular weight is 421 g/mol. The van der Waals surface area contributed by atoms with Gasteiger partial charge >= 0.3 is 0 Å². The van der Waals surface area contributed by atoms with Gasteiger partial charge in [0.1, 0.15) is 5.75 Å². The summed E-state index contributed by atoms with van der Waals surface area (Å²) in [5.74, 6) is 0.507. The molecule has 0 fully saturated rings. The zero-order valence-corrected chi connectivity index (χ0v) is 18.3. The first-order chi connectivity index (χ1) is 14.1. The van der Waals surface area contributed by atoms with Crippen LogP contribution in [0.4, 0.5) is 17.1 Å². The molecule has 1 amide bonds. The van der Waals surface area contributed by atoms with E-state index in [9.17, 15) is 4.79 Å². The highest BCUT2D eigenvalue weighted by Gasteiger charge is 2.13. The lowest BCUT2D eigenvalue weighted by atomic mass is 10.2. The number of carbonyl (C=O) groups is 1. The Labute approximate surface area is 179 Å². The number of hydrogen-bond acceptors (Lipinski definition) is 5. The van der Waals surface area contributed by atoms with Crippen molar-refractivity contribution in [1.82, 2.24) is 0 Å². The zero-order chi connectivity index (χ0) is 21.6. The maximum absolute atomic E-state index is 12.5. The van der Waals surface area contributed by atoms with Crippen molar-refractivity contribution in [2.75, 3.05) is 36.6 Å². The summed E-state index contributed by atoms with van der Waals surface area (Å²) in [7, 11) is 1.50. The summed E-state index contributed by atoms with van der Waals surface area (Å²) < 4.78 is 5.61. The van der Waals surface area contributed by atoms with Crippen molar-refractivity contribution in [3.8, 4) is 5.75 Å². The van der Waals surface area contributed by atoms with Gasteiger partial charge in [0.25, 0.3) is 5.91 Å². The highest BCUT2D eigenvalue weighted by Crippen LogP contribution is 2.34. The van der Waals surface area contributed by atoms with Crippen LogP contribution in [0.15, 0.2) is 36.4 Å². The average Bonchev–Trinajstić information content (AvgIpc) is 2.75. The van der Waals surface area contributed by atoms with E-state index in [0.717, 1.165) is 43.7 Å². The highest BCUT2D eigenvalue weighted by atomic mass is 35.5. The molecule has 2 aromatic rings. The Morgan fingerprint density at radius 3 is 2.24 bits per heavy atom. The van der Waals surface area contributed by atoms with E-state index in [1.165, 1.54) is 7.05 Å². The molecule has 29 heavy (non-hydrogen) atoms. The Hall–Kier alpha value is -2.44. The molecule has 0 aliphatic rings. The van der Waals surface area contributed by atoms with Crippen LogP contribution in [0.1, 0.15) is 49.9 Å². The molecule has 0 radical (unpaired) electrons. The standard InChI is InChI=1S/C21H28ClN3O2.CH5N/c1-3-5-13-24-18-12-11-17(19(22)20(18)23)25-21(26)15-7-9-16(10-8-15)27-14-6-4-2;1-2/h7-12,24H,3-6,13-14,23H2,1-2H3,(H,25,26);2H2,1H3. The van der Waals surface area contributed by atoms with Crippen LogP contribution >= 0.6 is 11.6 Å². The van der Waals surface area contributed by atoms with Crippen molar-refractivity contribution in [3.05, 3.63) is 47.0 Å². The Balaban J connectivity index is 0.00000204. The number of amides is 1. The maximum atomic E-state index is 12.5. The van der Waals surface area contributed by atoms with E-state index in [-0.39, 0.29) is 5.91 Å². The first-order valence-electron chi connectivity index (χ1n) is 10.0. The fourth-order valence-electron chi connectivity index (χ4n) is 2.47. The number of nitrogens with two attached hydrogens (primary N) is 2. The number of benzene rings is 2. The number of nitrogen functional groups attached to an aromatic ring is 1. The summed E-state index contributed by atoms with van der Waals surface area (Å²) in [4.78, 5) is 12.5. The Kier molecular flexibility index (Phi) is 11.6. The van der Waals surface area contributed by atoms with Gasteiger partial charge in [0.2, 0.25) is 0 Å². The number of anilines is 3. The molecule has 7 heteroatoms. The van der Waals surface area contributed by atoms with Crippen LogP contribution < -0.4 is 26.8 Å². The van der Waals surface area contributed by atoms with Gasteiger partial charge in [0.15, 0.2) is 0 Å². The van der Waals surface area contributed by atoms with Crippen LogP contribution in [0.5, 0.6) is 5.75 Å². The lowest BCUT2D eigenvalue weighted by Gasteiger charge is -2.14. The minimum absolute atomic E-state index is 0.247. The number of nitrogens with one attached hydrogen (secondary N) is 2. The molecule has 2 aromatic carbocycles. The van der Waals surface area contributed by atoms with Crippen LogP contribution in [-0.4, -0.2) is 26.1 Å². The van der Waals surface area contributed by atoms with Gasteiger partial charge in [-0.1, -0.05) is 38.3 Å². The second-order valence-corrected chi connectivity index (χ2v) is 6.73. The third-order valence-electron chi connectivity index (χ3n) is 4.16. The van der Waals surface area contributed by atoms with Crippen molar-refractivity contribution in [2.24, 2.45) is 5.73 Å². The van der Waals surface area contributed by atoms with Gasteiger partial charge in [-0.2, -0.15) is 0 Å². The zero-order valence-electron chi connectivity index (χ0n) is 17.6. The fourth-order valence-corrected chi connectivity index (χ4v) is 2.69. The van der Waals surface area contributed by atoms with Gasteiger partial charge in [-0.25, -0.2) is 0 Å². The summed E-state index contributed by atoms with van der Waals surface area (Å²) in [5.41, 5.74) is 12.8. The molecule has 0 saturated heterocycles. The van der Waals surface area contributed by atoms with Gasteiger partial charge in [0, 0.05) is 12.1 Å². The van der Waals surface area contributed by atoms with Crippen LogP contribution in [0.3, 0.4) is 0 Å². The predicted molar refractivity (Wildman–Crippen MR) is 124 cm³/mol. The van der Waals surface area contributed by atoms with E-state index < -0.39 is 0 Å². The molecule has 0 bridgehead atoms. The molecule has 0 aliphatic carbocycles. The van der Waals surface area contributed by atoms with Crippen LogP contribution in [0.2, 0.25) is 5.02 Å². The SMILES string of the molecule is CCCCNc1ccc(NC(=O)c2ccc(OCCCC)cc2)c(Cl)c1N.CN. The van der Waals surface area contributed by atoms with Crippen molar-refractivity contribution in [1.29, 1.82) is 0 Å². The molecular formula is C22H33ClN4O2. The lowest BCUT2D eigenvalue weighted by molar-refractivity contribution is 0.102. The first-order valence-corrected chi connectivity index (χ1v) is 10.4. The van der Waals surface area contributed by atoms with Crippen molar-refractivity contribution in [3.63, 3.8) is 0 Å². The topological polar surface area (TPSA) is 102 Å². The second kappa shape index (κ2) is 13.7. The third-order valence-corrected chi connectivity index (χ3v) is 4.56. The van der Waals surface area contributed by atoms with Gasteiger partial charge in [0.05, 0.1) is 28.7 Å². The molecule has 0 heterocycles. The molecular weight excluding hydrogens is 388 g/mol. The smallest absolute Gasteiger partial charge is 0.255 e. The molecule has 0 spiro atoms. The minimum Gasteiger partial charge on any atom is -0.494 e. The van der Waals surface area contributed by atoms with Gasteiger partial charge < -0.3 is 26.8 Å². The van der Waals surface area contributed by atoms with Crippen LogP contribution in [0, 0.1) is 0 Å². The number of rotatable bonds is 10. The van der Waals surface area contributed by atoms with E-state index >= 15 is 0 Å². The van der Waals surface area contributed by atoms with E-state index in [4.69, 9.17) is 22.1 Å². The molecule has 0 aliphatic heterocycles. The number of halogens is 1. The quantitative estimate of drug-likeness (QED) is 0.315. The third kappa shape index (κ3) is 7.83. The lowest BCUT2D eigenvalue weighted by Crippen LogP contribution is -2.13. The van der Waals surface area contributed by atoms with Gasteiger partial charge in [-0.15, -0.1) is 0 Å². The number of hydrogen-bond donors (Lipinski definition) is 4. The van der Waals surface area contributed by atoms with Gasteiger partial charge in [-0.3, -0.25) is 4.79 Å². The van der Waals surface area contributed by atoms with Gasteiger partial charge in [-0.05, 0) is 56.3 Å². The molecule has 6 N–H and O–H groups in total. The first kappa shape index (κ1) is 24.6. The fraction of sp³-hybridized carbons (Fsp3) is 0.409. The molecule has 6 nitrogen and oxygen atoms in total. The number of ether oxygens (including phenoxy) is 1.